The molecule has 0 aromatic rings. The molecule has 6 heteroatoms. The Morgan fingerprint density at radius 2 is 1.17 bits per heavy atom. The van der Waals surface area contributed by atoms with E-state index in [9.17, 15) is 4.57 Å². The predicted molar refractivity (Wildman–Crippen MR) is 25.2 cm³/mol. The fourth-order valence-electron chi connectivity index (χ4n) is 0. The molecule has 0 spiro atoms. The van der Waals surface area contributed by atoms with Gasteiger partial charge in [0.05, 0.1) is 0 Å². The van der Waals surface area contributed by atoms with E-state index in [1.54, 1.807) is 0 Å². The van der Waals surface area contributed by atoms with Gasteiger partial charge >= 0.3 is 5.20 Å². The minimum atomic E-state index is -3.22. The zero-order chi connectivity index (χ0) is 4.50. The second-order valence-corrected chi connectivity index (χ2v) is 7.04. The van der Waals surface area contributed by atoms with Gasteiger partial charge in [0, 0.05) is 18.6 Å². The zero-order valence-corrected chi connectivity index (χ0v) is 7.00. The van der Waals surface area contributed by atoms with E-state index in [4.69, 9.17) is 0 Å². The minimum Gasteiger partial charge on any atom is -0.271 e. The van der Waals surface area contributed by atoms with E-state index in [1.165, 1.54) is 0 Å². The summed E-state index contributed by atoms with van der Waals surface area (Å²) in [4.78, 5) is 0. The Morgan fingerprint density at radius 3 is 1.17 bits per heavy atom. The molecule has 1 nitrogen and oxygen atoms in total. The molecule has 0 rings (SSSR count). The molecule has 1 radical (unpaired) electrons. The first-order chi connectivity index (χ1) is 2.00. The van der Waals surface area contributed by atoms with Crippen LogP contribution in [0.3, 0.4) is 0 Å². The fraction of sp³-hybridized carbons (Fsp3) is 0. The molecule has 0 aromatic heterocycles. The van der Waals surface area contributed by atoms with Gasteiger partial charge in [-0.3, -0.25) is 4.57 Å². The maximum absolute atomic E-state index is 9.51. The van der Waals surface area contributed by atoms with Crippen molar-refractivity contribution < 1.29 is 23.1 Å². The van der Waals surface area contributed by atoms with Gasteiger partial charge in [-0.2, -0.15) is 0 Å². The molecule has 0 unspecified atom stereocenters. The van der Waals surface area contributed by atoms with Crippen LogP contribution in [0.1, 0.15) is 0 Å². The third kappa shape index (κ3) is 44.0. The monoisotopic (exact) mass is 203 g/mol. The van der Waals surface area contributed by atoms with E-state index in [-0.39, 0.29) is 18.6 Å². The maximum Gasteiger partial charge on any atom is 0.339 e. The number of hydrogen-bond donors (Lipinski definition) is 0. The molecule has 0 aliphatic heterocycles. The quantitative estimate of drug-likeness (QED) is 0.554. The van der Waals surface area contributed by atoms with Crippen LogP contribution < -0.4 is 0 Å². The zero-order valence-electron chi connectivity index (χ0n) is 2.44. The standard InChI is InChI=1S/Cl3OP.V/c1-5(2,3)4;. The predicted octanol–water partition coefficient (Wildman–Crippen LogP) is 2.81. The van der Waals surface area contributed by atoms with Crippen LogP contribution in [0.5, 0.6) is 0 Å². The van der Waals surface area contributed by atoms with Gasteiger partial charge in [0.15, 0.2) is 0 Å². The summed E-state index contributed by atoms with van der Waals surface area (Å²) in [5.41, 5.74) is 0. The molecular weight excluding hydrogens is 204 g/mol. The van der Waals surface area contributed by atoms with Gasteiger partial charge in [0.1, 0.15) is 0 Å². The van der Waals surface area contributed by atoms with Crippen molar-refractivity contribution in [3.63, 3.8) is 0 Å². The molecule has 0 aromatic carbocycles. The van der Waals surface area contributed by atoms with Crippen LogP contribution in [-0.4, -0.2) is 0 Å². The third-order valence-corrected chi connectivity index (χ3v) is 0. The first kappa shape index (κ1) is 10.6. The van der Waals surface area contributed by atoms with Crippen molar-refractivity contribution in [2.45, 2.75) is 0 Å². The summed E-state index contributed by atoms with van der Waals surface area (Å²) >= 11 is 13.8. The van der Waals surface area contributed by atoms with Crippen molar-refractivity contribution >= 4 is 38.9 Å². The Balaban J connectivity index is 0. The van der Waals surface area contributed by atoms with Crippen LogP contribution in [0, 0.1) is 0 Å². The van der Waals surface area contributed by atoms with Gasteiger partial charge in [-0.05, 0) is 33.7 Å². The number of halogens is 3. The molecule has 0 saturated heterocycles. The molecule has 0 amide bonds. The summed E-state index contributed by atoms with van der Waals surface area (Å²) in [5, 5.41) is -3.22. The molecular formula is Cl3OPV. The van der Waals surface area contributed by atoms with E-state index >= 15 is 0 Å². The Kier molecular flexibility index (Phi) is 6.48. The Bertz CT molecular complexity index is 56.9. The fourth-order valence-corrected chi connectivity index (χ4v) is 0. The molecule has 0 heterocycles. The first-order valence-corrected chi connectivity index (χ1v) is 5.11. The van der Waals surface area contributed by atoms with Crippen LogP contribution in [-0.2, 0) is 23.1 Å². The molecule has 0 aliphatic carbocycles. The van der Waals surface area contributed by atoms with Crippen molar-refractivity contribution in [3.05, 3.63) is 0 Å². The van der Waals surface area contributed by atoms with Gasteiger partial charge in [-0.1, -0.05) is 0 Å². The second-order valence-electron chi connectivity index (χ2n) is 0.399. The second kappa shape index (κ2) is 3.66. The average molecular weight is 204 g/mol. The van der Waals surface area contributed by atoms with E-state index in [0.29, 0.717) is 0 Å². The molecule has 0 fully saturated rings. The SMILES string of the molecule is O=P(Cl)(Cl)Cl.[V]. The average Bonchev–Trinajstić information content (AvgIpc) is 0.722. The number of hydrogen-bond acceptors (Lipinski definition) is 1. The first-order valence-electron chi connectivity index (χ1n) is 0.690. The minimum absolute atomic E-state index is 0. The van der Waals surface area contributed by atoms with Crippen LogP contribution in [0.25, 0.3) is 0 Å². The molecule has 0 saturated carbocycles. The van der Waals surface area contributed by atoms with Gasteiger partial charge in [-0.25, -0.2) is 0 Å². The van der Waals surface area contributed by atoms with E-state index < -0.39 is 5.20 Å². The van der Waals surface area contributed by atoms with Gasteiger partial charge in [-0.15, -0.1) is 0 Å². The van der Waals surface area contributed by atoms with Crippen molar-refractivity contribution in [2.75, 3.05) is 0 Å². The summed E-state index contributed by atoms with van der Waals surface area (Å²) < 4.78 is 9.51. The van der Waals surface area contributed by atoms with Gasteiger partial charge in [0.25, 0.3) is 0 Å². The molecule has 37 valence electrons. The van der Waals surface area contributed by atoms with Gasteiger partial charge < -0.3 is 0 Å². The normalized spacial score (nSPS) is 9.83. The Morgan fingerprint density at radius 1 is 1.17 bits per heavy atom. The van der Waals surface area contributed by atoms with E-state index in [0.717, 1.165) is 0 Å². The molecule has 0 aliphatic rings. The van der Waals surface area contributed by atoms with Crippen molar-refractivity contribution in [1.29, 1.82) is 0 Å². The maximum atomic E-state index is 9.51. The topological polar surface area (TPSA) is 17.1 Å². The Hall–Kier alpha value is 1.68. The van der Waals surface area contributed by atoms with E-state index in [2.05, 4.69) is 33.7 Å². The van der Waals surface area contributed by atoms with Crippen LogP contribution >= 0.6 is 38.9 Å². The molecule has 0 N–H and O–H groups in total. The Labute approximate surface area is 62.0 Å². The van der Waals surface area contributed by atoms with Gasteiger partial charge in [0.2, 0.25) is 0 Å². The van der Waals surface area contributed by atoms with Crippen LogP contribution in [0.4, 0.5) is 0 Å². The summed E-state index contributed by atoms with van der Waals surface area (Å²) in [6, 6.07) is 0. The van der Waals surface area contributed by atoms with Crippen LogP contribution in [0.2, 0.25) is 0 Å². The van der Waals surface area contributed by atoms with Crippen molar-refractivity contribution in [1.82, 2.24) is 0 Å². The largest absolute Gasteiger partial charge is 0.339 e. The molecule has 0 atom stereocenters. The van der Waals surface area contributed by atoms with Crippen molar-refractivity contribution in [3.8, 4) is 0 Å². The smallest absolute Gasteiger partial charge is 0.271 e. The van der Waals surface area contributed by atoms with Crippen molar-refractivity contribution in [2.24, 2.45) is 0 Å². The number of rotatable bonds is 0. The summed E-state index contributed by atoms with van der Waals surface area (Å²) in [5.74, 6) is 0. The molecule has 6 heavy (non-hydrogen) atoms. The van der Waals surface area contributed by atoms with E-state index in [1.807, 2.05) is 0 Å². The third-order valence-electron chi connectivity index (χ3n) is 0. The van der Waals surface area contributed by atoms with Crippen LogP contribution in [0.15, 0.2) is 0 Å². The molecule has 0 bridgehead atoms. The summed E-state index contributed by atoms with van der Waals surface area (Å²) in [6.07, 6.45) is 0. The summed E-state index contributed by atoms with van der Waals surface area (Å²) in [6.45, 7) is 0. The summed E-state index contributed by atoms with van der Waals surface area (Å²) in [7, 11) is 0.